The van der Waals surface area contributed by atoms with Crippen LogP contribution < -0.4 is 5.32 Å². The van der Waals surface area contributed by atoms with E-state index in [0.29, 0.717) is 18.1 Å². The van der Waals surface area contributed by atoms with Gasteiger partial charge in [0.15, 0.2) is 0 Å². The van der Waals surface area contributed by atoms with Gasteiger partial charge >= 0.3 is 0 Å². The molecule has 6 heteroatoms. The van der Waals surface area contributed by atoms with Gasteiger partial charge in [-0.2, -0.15) is 11.3 Å². The Kier molecular flexibility index (Phi) is 4.39. The van der Waals surface area contributed by atoms with Crippen molar-refractivity contribution in [3.8, 4) is 0 Å². The zero-order valence-electron chi connectivity index (χ0n) is 14.8. The molecule has 1 spiro atoms. The number of carbonyl (C=O) groups is 1. The second-order valence-corrected chi connectivity index (χ2v) is 9.68. The quantitative estimate of drug-likeness (QED) is 0.869. The van der Waals surface area contributed by atoms with Gasteiger partial charge in [0.2, 0.25) is 0 Å². The fourth-order valence-electron chi connectivity index (χ4n) is 4.53. The number of thiophene rings is 2. The molecule has 2 aromatic heterocycles. The van der Waals surface area contributed by atoms with E-state index in [0.717, 1.165) is 37.5 Å². The Morgan fingerprint density at radius 1 is 1.38 bits per heavy atom. The van der Waals surface area contributed by atoms with Crippen LogP contribution in [0.25, 0.3) is 0 Å². The summed E-state index contributed by atoms with van der Waals surface area (Å²) in [5.74, 6) is 0.219. The molecule has 2 aromatic rings. The largest absolute Gasteiger partial charge is 0.376 e. The van der Waals surface area contributed by atoms with Gasteiger partial charge in [-0.15, -0.1) is 11.3 Å². The molecule has 0 aromatic carbocycles. The SMILES string of the molecule is O=C(c1cc2c(s1)CCOC2)N(Cc1ccsc1)C1CC12CCNCC2. The van der Waals surface area contributed by atoms with Crippen LogP contribution in [0.1, 0.15) is 44.9 Å². The van der Waals surface area contributed by atoms with Gasteiger partial charge in [0.25, 0.3) is 5.91 Å². The molecular formula is C20H24N2O2S2. The minimum Gasteiger partial charge on any atom is -0.376 e. The second kappa shape index (κ2) is 6.75. The fraction of sp³-hybridized carbons (Fsp3) is 0.550. The van der Waals surface area contributed by atoms with Crippen molar-refractivity contribution in [1.29, 1.82) is 0 Å². The summed E-state index contributed by atoms with van der Waals surface area (Å²) in [6.45, 7) is 4.34. The molecule has 0 bridgehead atoms. The molecule has 1 amide bonds. The average molecular weight is 389 g/mol. The van der Waals surface area contributed by atoms with Gasteiger partial charge in [0.05, 0.1) is 18.1 Å². The third-order valence-corrected chi connectivity index (χ3v) is 8.11. The molecule has 1 aliphatic carbocycles. The van der Waals surface area contributed by atoms with Crippen LogP contribution in [0.4, 0.5) is 0 Å². The lowest BCUT2D eigenvalue weighted by Gasteiger charge is -2.29. The van der Waals surface area contributed by atoms with Crippen LogP contribution in [0.15, 0.2) is 22.9 Å². The van der Waals surface area contributed by atoms with Gasteiger partial charge in [-0.05, 0) is 71.8 Å². The molecule has 1 saturated carbocycles. The highest BCUT2D eigenvalue weighted by molar-refractivity contribution is 7.14. The predicted molar refractivity (Wildman–Crippen MR) is 105 cm³/mol. The van der Waals surface area contributed by atoms with Crippen molar-refractivity contribution in [2.45, 2.75) is 44.9 Å². The van der Waals surface area contributed by atoms with Gasteiger partial charge < -0.3 is 15.0 Å². The second-order valence-electron chi connectivity index (χ2n) is 7.76. The number of fused-ring (bicyclic) bond motifs is 1. The first-order chi connectivity index (χ1) is 12.8. The number of nitrogens with one attached hydrogen (secondary N) is 1. The summed E-state index contributed by atoms with van der Waals surface area (Å²) in [7, 11) is 0. The Bertz CT molecular complexity index is 769. The maximum atomic E-state index is 13.5. The lowest BCUT2D eigenvalue weighted by molar-refractivity contribution is 0.0697. The van der Waals surface area contributed by atoms with Crippen LogP contribution >= 0.6 is 22.7 Å². The molecule has 1 atom stereocenters. The number of carbonyl (C=O) groups excluding carboxylic acids is 1. The normalized spacial score (nSPS) is 23.6. The number of hydrogen-bond acceptors (Lipinski definition) is 5. The fourth-order valence-corrected chi connectivity index (χ4v) is 6.29. The molecule has 26 heavy (non-hydrogen) atoms. The topological polar surface area (TPSA) is 41.6 Å². The lowest BCUT2D eigenvalue weighted by Crippen LogP contribution is -2.38. The molecule has 4 nitrogen and oxygen atoms in total. The van der Waals surface area contributed by atoms with Crippen molar-refractivity contribution < 1.29 is 9.53 Å². The summed E-state index contributed by atoms with van der Waals surface area (Å²) in [5.41, 5.74) is 2.83. The van der Waals surface area contributed by atoms with E-state index < -0.39 is 0 Å². The van der Waals surface area contributed by atoms with Crippen molar-refractivity contribution in [2.75, 3.05) is 19.7 Å². The lowest BCUT2D eigenvalue weighted by atomic mass is 9.93. The summed E-state index contributed by atoms with van der Waals surface area (Å²) in [6, 6.07) is 4.63. The predicted octanol–water partition coefficient (Wildman–Crippen LogP) is 3.67. The highest BCUT2D eigenvalue weighted by atomic mass is 32.1. The zero-order chi connectivity index (χ0) is 17.6. The third-order valence-electron chi connectivity index (χ3n) is 6.15. The minimum absolute atomic E-state index is 0.219. The standard InChI is InChI=1S/C20H24N2O2S2/c23-19(17-9-15-12-24-7-1-16(15)26-17)22(11-14-2-8-25-13-14)18-10-20(18)3-5-21-6-4-20/h2,8-9,13,18,21H,1,3-7,10-12H2. The molecular weight excluding hydrogens is 364 g/mol. The molecule has 5 rings (SSSR count). The molecule has 4 heterocycles. The van der Waals surface area contributed by atoms with Crippen molar-refractivity contribution in [2.24, 2.45) is 5.41 Å². The summed E-state index contributed by atoms with van der Waals surface area (Å²) in [4.78, 5) is 17.9. The molecule has 2 fully saturated rings. The molecule has 1 saturated heterocycles. The molecule has 3 aliphatic rings. The first-order valence-corrected chi connectivity index (χ1v) is 11.2. The first-order valence-electron chi connectivity index (χ1n) is 9.47. The van der Waals surface area contributed by atoms with E-state index in [9.17, 15) is 4.79 Å². The van der Waals surface area contributed by atoms with Crippen LogP contribution in [0.2, 0.25) is 0 Å². The van der Waals surface area contributed by atoms with E-state index >= 15 is 0 Å². The first kappa shape index (κ1) is 16.9. The molecule has 2 aliphatic heterocycles. The maximum absolute atomic E-state index is 13.5. The third kappa shape index (κ3) is 3.03. The number of rotatable bonds is 4. The van der Waals surface area contributed by atoms with Gasteiger partial charge in [-0.3, -0.25) is 4.79 Å². The van der Waals surface area contributed by atoms with E-state index in [-0.39, 0.29) is 5.91 Å². The van der Waals surface area contributed by atoms with Crippen molar-refractivity contribution in [3.63, 3.8) is 0 Å². The Morgan fingerprint density at radius 3 is 3.04 bits per heavy atom. The maximum Gasteiger partial charge on any atom is 0.264 e. The van der Waals surface area contributed by atoms with Crippen molar-refractivity contribution in [3.05, 3.63) is 43.8 Å². The van der Waals surface area contributed by atoms with E-state index in [1.54, 1.807) is 22.7 Å². The van der Waals surface area contributed by atoms with Crippen LogP contribution in [0, 0.1) is 5.41 Å². The van der Waals surface area contributed by atoms with Crippen LogP contribution in [0.5, 0.6) is 0 Å². The molecule has 138 valence electrons. The van der Waals surface area contributed by atoms with E-state index in [4.69, 9.17) is 4.74 Å². The van der Waals surface area contributed by atoms with Crippen LogP contribution in [-0.4, -0.2) is 36.5 Å². The Balaban J connectivity index is 1.42. The summed E-state index contributed by atoms with van der Waals surface area (Å²) in [6.07, 6.45) is 4.50. The number of ether oxygens (including phenoxy) is 1. The van der Waals surface area contributed by atoms with Gasteiger partial charge in [0, 0.05) is 23.9 Å². The molecule has 1 unspecified atom stereocenters. The number of nitrogens with zero attached hydrogens (tertiary/aromatic N) is 1. The average Bonchev–Trinajstić information content (AvgIpc) is 3.08. The van der Waals surface area contributed by atoms with Crippen molar-refractivity contribution in [1.82, 2.24) is 10.2 Å². The Labute approximate surface area is 162 Å². The van der Waals surface area contributed by atoms with Gasteiger partial charge in [-0.25, -0.2) is 0 Å². The smallest absolute Gasteiger partial charge is 0.264 e. The Morgan fingerprint density at radius 2 is 2.27 bits per heavy atom. The highest BCUT2D eigenvalue weighted by Gasteiger charge is 2.57. The van der Waals surface area contributed by atoms with E-state index in [1.165, 1.54) is 35.3 Å². The Hall–Kier alpha value is -1.21. The van der Waals surface area contributed by atoms with Gasteiger partial charge in [-0.1, -0.05) is 0 Å². The van der Waals surface area contributed by atoms with Crippen LogP contribution in [-0.2, 0) is 24.3 Å². The summed E-state index contributed by atoms with van der Waals surface area (Å²) < 4.78 is 5.56. The number of hydrogen-bond donors (Lipinski definition) is 1. The summed E-state index contributed by atoms with van der Waals surface area (Å²) >= 11 is 3.39. The summed E-state index contributed by atoms with van der Waals surface area (Å²) in [5, 5.41) is 7.74. The zero-order valence-corrected chi connectivity index (χ0v) is 16.5. The van der Waals surface area contributed by atoms with E-state index in [2.05, 4.69) is 33.1 Å². The van der Waals surface area contributed by atoms with Gasteiger partial charge in [0.1, 0.15) is 0 Å². The monoisotopic (exact) mass is 388 g/mol. The molecule has 0 radical (unpaired) electrons. The van der Waals surface area contributed by atoms with Crippen LogP contribution in [0.3, 0.4) is 0 Å². The van der Waals surface area contributed by atoms with E-state index in [1.807, 2.05) is 0 Å². The van der Waals surface area contributed by atoms with Crippen molar-refractivity contribution >= 4 is 28.6 Å². The number of amides is 1. The minimum atomic E-state index is 0.219. The highest BCUT2D eigenvalue weighted by Crippen LogP contribution is 2.56. The molecule has 1 N–H and O–H groups in total. The number of piperidine rings is 1.